The number of thiocarbonyl (C=S) groups is 1. The predicted molar refractivity (Wildman–Crippen MR) is 150 cm³/mol. The highest BCUT2D eigenvalue weighted by molar-refractivity contribution is 8.22. The number of nitrogens with zero attached hydrogens (tertiary/aromatic N) is 2. The number of carboxylic acid groups (broad SMARTS) is 1. The molecule has 8 nitrogen and oxygen atoms in total. The van der Waals surface area contributed by atoms with Crippen LogP contribution in [-0.2, 0) is 14.3 Å². The Kier molecular flexibility index (Phi) is 9.07. The van der Waals surface area contributed by atoms with Crippen LogP contribution < -0.4 is 19.9 Å². The van der Waals surface area contributed by atoms with Crippen LogP contribution in [0.15, 0.2) is 42.5 Å². The molecule has 1 fully saturated rings. The maximum absolute atomic E-state index is 13.4. The summed E-state index contributed by atoms with van der Waals surface area (Å²) in [6.07, 6.45) is 1.94. The summed E-state index contributed by atoms with van der Waals surface area (Å²) in [4.78, 5) is 39.8. The van der Waals surface area contributed by atoms with Crippen LogP contribution in [0.1, 0.15) is 36.5 Å². The fraction of sp³-hybridized carbons (Fsp3) is 0.370. The average Bonchev–Trinajstić information content (AvgIpc) is 3.50. The molecule has 11 heteroatoms. The van der Waals surface area contributed by atoms with Gasteiger partial charge in [-0.2, -0.15) is 0 Å². The first kappa shape index (κ1) is 28.1. The number of thioether (sulfide) groups is 1. The second-order valence-electron chi connectivity index (χ2n) is 8.95. The number of carboxylic acids is 1. The smallest absolute Gasteiger partial charge is 0.420 e. The van der Waals surface area contributed by atoms with Crippen LogP contribution in [0.5, 0.6) is 5.75 Å². The average molecular weight is 576 g/mol. The van der Waals surface area contributed by atoms with Gasteiger partial charge in [0, 0.05) is 30.3 Å². The number of aliphatic carboxylic acids is 1. The maximum atomic E-state index is 13.4. The van der Waals surface area contributed by atoms with E-state index in [4.69, 9.17) is 33.3 Å². The van der Waals surface area contributed by atoms with E-state index < -0.39 is 24.0 Å². The van der Waals surface area contributed by atoms with E-state index in [1.807, 2.05) is 0 Å². The summed E-state index contributed by atoms with van der Waals surface area (Å²) >= 11 is 12.8. The van der Waals surface area contributed by atoms with Crippen molar-refractivity contribution in [3.8, 4) is 5.75 Å². The quantitative estimate of drug-likeness (QED) is 0.221. The molecule has 1 saturated heterocycles. The van der Waals surface area contributed by atoms with Gasteiger partial charge < -0.3 is 19.5 Å². The molecule has 0 saturated carbocycles. The molecule has 1 N–H and O–H groups in total. The van der Waals surface area contributed by atoms with Gasteiger partial charge in [0.25, 0.3) is 0 Å². The number of amides is 1. The fourth-order valence-electron chi connectivity index (χ4n) is 4.71. The lowest BCUT2D eigenvalue weighted by Gasteiger charge is -2.23. The van der Waals surface area contributed by atoms with Crippen LogP contribution in [-0.4, -0.2) is 70.3 Å². The molecule has 1 amide bonds. The van der Waals surface area contributed by atoms with Crippen molar-refractivity contribution in [2.45, 2.75) is 38.3 Å². The summed E-state index contributed by atoms with van der Waals surface area (Å²) in [6.45, 7) is 2.60. The van der Waals surface area contributed by atoms with Crippen LogP contribution in [0.4, 0.5) is 0 Å². The first-order chi connectivity index (χ1) is 18.2. The van der Waals surface area contributed by atoms with Gasteiger partial charge in [-0.25, -0.2) is 14.4 Å². The molecule has 0 radical (unpaired) electrons. The minimum atomic E-state index is -0.859. The fourth-order valence-corrected chi connectivity index (χ4v) is 6.13. The first-order valence-corrected chi connectivity index (χ1v) is 14.0. The van der Waals surface area contributed by atoms with Crippen molar-refractivity contribution >= 4 is 63.3 Å². The highest BCUT2D eigenvalue weighted by Crippen LogP contribution is 2.23. The van der Waals surface area contributed by atoms with Gasteiger partial charge in [-0.05, 0) is 55.7 Å². The van der Waals surface area contributed by atoms with Crippen LogP contribution in [0.3, 0.4) is 0 Å². The zero-order chi connectivity index (χ0) is 27.4. The van der Waals surface area contributed by atoms with Crippen molar-refractivity contribution in [1.29, 1.82) is 0 Å². The highest BCUT2D eigenvalue weighted by atomic mass is 35.5. The molecule has 2 unspecified atom stereocenters. The molecular weight excluding hydrogens is 548 g/mol. The van der Waals surface area contributed by atoms with Gasteiger partial charge in [0.2, 0.25) is 5.36 Å². The number of ether oxygens (including phenoxy) is 2. The number of halogens is 1. The Balaban J connectivity index is 1.45. The SMILES string of the molecule is COc1ccc2c(c1)=C(C(=O)OCCCSC(=S)N1CCCC1C(=O)O)C(C)[N+]=2C(=O)c1ccc(Cl)cc1. The molecule has 2 aliphatic rings. The summed E-state index contributed by atoms with van der Waals surface area (Å²) in [7, 11) is 1.54. The van der Waals surface area contributed by atoms with E-state index in [-0.39, 0.29) is 12.5 Å². The molecule has 2 aliphatic heterocycles. The lowest BCUT2D eigenvalue weighted by Crippen LogP contribution is -2.41. The molecule has 2 heterocycles. The van der Waals surface area contributed by atoms with Gasteiger partial charge >= 0.3 is 17.8 Å². The lowest BCUT2D eigenvalue weighted by atomic mass is 10.1. The molecule has 0 aromatic heterocycles. The predicted octanol–water partition coefficient (Wildman–Crippen LogP) is 2.73. The first-order valence-electron chi connectivity index (χ1n) is 12.2. The van der Waals surface area contributed by atoms with Crippen molar-refractivity contribution in [3.63, 3.8) is 0 Å². The van der Waals surface area contributed by atoms with Crippen molar-refractivity contribution in [1.82, 2.24) is 9.48 Å². The summed E-state index contributed by atoms with van der Waals surface area (Å²) in [6, 6.07) is 10.7. The molecule has 0 bridgehead atoms. The van der Waals surface area contributed by atoms with Crippen molar-refractivity contribution in [2.24, 2.45) is 0 Å². The third-order valence-electron chi connectivity index (χ3n) is 6.61. The topological polar surface area (TPSA) is 96.2 Å². The molecule has 200 valence electrons. The van der Waals surface area contributed by atoms with E-state index in [2.05, 4.69) is 0 Å². The number of carbonyl (C=O) groups excluding carboxylic acids is 2. The van der Waals surface area contributed by atoms with E-state index in [9.17, 15) is 19.5 Å². The molecule has 0 aliphatic carbocycles. The number of hydrogen-bond acceptors (Lipinski definition) is 7. The number of rotatable bonds is 8. The summed E-state index contributed by atoms with van der Waals surface area (Å²) in [5.74, 6) is -0.465. The zero-order valence-corrected chi connectivity index (χ0v) is 23.4. The van der Waals surface area contributed by atoms with Crippen LogP contribution in [0, 0.1) is 0 Å². The number of hydrogen-bond donors (Lipinski definition) is 1. The monoisotopic (exact) mass is 575 g/mol. The highest BCUT2D eigenvalue weighted by Gasteiger charge is 2.39. The number of methoxy groups -OCH3 is 1. The van der Waals surface area contributed by atoms with E-state index in [0.29, 0.717) is 61.9 Å². The van der Waals surface area contributed by atoms with Crippen molar-refractivity contribution in [3.05, 3.63) is 63.6 Å². The Labute approximate surface area is 234 Å². The van der Waals surface area contributed by atoms with Gasteiger partial charge in [0.1, 0.15) is 21.7 Å². The number of esters is 1. The normalized spacial score (nSPS) is 18.3. The molecule has 38 heavy (non-hydrogen) atoms. The number of carbonyl (C=O) groups is 3. The summed E-state index contributed by atoms with van der Waals surface area (Å²) < 4.78 is 13.1. The van der Waals surface area contributed by atoms with E-state index in [0.717, 1.165) is 6.42 Å². The van der Waals surface area contributed by atoms with Crippen LogP contribution >= 0.6 is 35.6 Å². The number of fused-ring (bicyclic) bond motifs is 1. The Morgan fingerprint density at radius 3 is 2.63 bits per heavy atom. The molecule has 2 atom stereocenters. The van der Waals surface area contributed by atoms with Crippen molar-refractivity contribution < 1.29 is 29.0 Å². The number of likely N-dealkylation sites (tertiary alicyclic amines) is 1. The van der Waals surface area contributed by atoms with Gasteiger partial charge in [-0.3, -0.25) is 0 Å². The Morgan fingerprint density at radius 2 is 1.95 bits per heavy atom. The Bertz CT molecular complexity index is 1400. The minimum Gasteiger partial charge on any atom is -0.497 e. The molecule has 2 aromatic carbocycles. The number of benzene rings is 2. The van der Waals surface area contributed by atoms with Gasteiger partial charge in [-0.15, -0.1) is 4.58 Å². The van der Waals surface area contributed by atoms with Crippen molar-refractivity contribution in [2.75, 3.05) is 26.0 Å². The summed E-state index contributed by atoms with van der Waals surface area (Å²) in [5, 5.41) is 11.1. The van der Waals surface area contributed by atoms with Crippen LogP contribution in [0.25, 0.3) is 5.57 Å². The van der Waals surface area contributed by atoms with Gasteiger partial charge in [0.15, 0.2) is 6.04 Å². The van der Waals surface area contributed by atoms with Crippen LogP contribution in [0.2, 0.25) is 5.02 Å². The third-order valence-corrected chi connectivity index (χ3v) is 8.42. The van der Waals surface area contributed by atoms with Gasteiger partial charge in [0.05, 0.1) is 24.5 Å². The van der Waals surface area contributed by atoms with E-state index in [1.54, 1.807) is 58.9 Å². The second kappa shape index (κ2) is 12.3. The largest absolute Gasteiger partial charge is 0.497 e. The Morgan fingerprint density at radius 1 is 1.21 bits per heavy atom. The summed E-state index contributed by atoms with van der Waals surface area (Å²) in [5.41, 5.74) is 0.833. The Hall–Kier alpha value is -2.95. The standard InChI is InChI=1S/C27H27ClN2O6S2/c1-16-23(26(34)36-13-4-14-38-27(37)29-12-3-5-22(29)25(32)33)20-15-19(35-2)10-11-21(20)30(16)24(31)17-6-8-18(28)9-7-17/h6-11,15-16,22H,3-5,12-14H2,1-2H3/p+1. The molecule has 0 spiro atoms. The second-order valence-corrected chi connectivity index (χ2v) is 11.1. The molecular formula is C27H28ClN2O6S2+. The maximum Gasteiger partial charge on any atom is 0.420 e. The third kappa shape index (κ3) is 5.87. The lowest BCUT2D eigenvalue weighted by molar-refractivity contribution is -0.141. The molecule has 4 rings (SSSR count). The molecule has 2 aromatic rings. The zero-order valence-electron chi connectivity index (χ0n) is 21.0. The van der Waals surface area contributed by atoms with E-state index in [1.165, 1.54) is 18.9 Å². The van der Waals surface area contributed by atoms with E-state index >= 15 is 0 Å². The van der Waals surface area contributed by atoms with Gasteiger partial charge in [-0.1, -0.05) is 35.6 Å². The minimum absolute atomic E-state index is 0.164.